The van der Waals surface area contributed by atoms with Crippen molar-refractivity contribution >= 4 is 22.4 Å². The minimum atomic E-state index is -0.207. The third-order valence-electron chi connectivity index (χ3n) is 4.20. The molecule has 0 aliphatic carbocycles. The first kappa shape index (κ1) is 12.9. The van der Waals surface area contributed by atoms with Gasteiger partial charge in [-0.15, -0.1) is 0 Å². The first-order valence-electron chi connectivity index (χ1n) is 7.31. The second kappa shape index (κ2) is 4.87. The summed E-state index contributed by atoms with van der Waals surface area (Å²) in [5.41, 5.74) is 8.19. The van der Waals surface area contributed by atoms with Gasteiger partial charge in [0.25, 0.3) is 0 Å². The van der Waals surface area contributed by atoms with Crippen molar-refractivity contribution in [2.45, 2.75) is 12.5 Å². The molecule has 0 unspecified atom stereocenters. The lowest BCUT2D eigenvalue weighted by Crippen LogP contribution is -2.35. The van der Waals surface area contributed by atoms with E-state index in [1.165, 1.54) is 5.56 Å². The highest BCUT2D eigenvalue weighted by molar-refractivity contribution is 5.89. The molecule has 5 heteroatoms. The Labute approximate surface area is 127 Å². The number of nitrogens with zero attached hydrogens (tertiary/aromatic N) is 2. The van der Waals surface area contributed by atoms with Gasteiger partial charge in [-0.3, -0.25) is 4.57 Å². The molecule has 110 valence electrons. The third kappa shape index (κ3) is 2.02. The van der Waals surface area contributed by atoms with Crippen LogP contribution in [0.4, 0.5) is 11.5 Å². The highest BCUT2D eigenvalue weighted by Crippen LogP contribution is 2.28. The highest BCUT2D eigenvalue weighted by atomic mass is 16.1. The van der Waals surface area contributed by atoms with E-state index >= 15 is 0 Å². The minimum absolute atomic E-state index is 0.207. The largest absolute Gasteiger partial charge is 0.399 e. The molecule has 1 aliphatic heterocycles. The zero-order chi connectivity index (χ0) is 15.1. The average molecular weight is 292 g/mol. The normalized spacial score (nSPS) is 17.0. The molecule has 3 N–H and O–H groups in total. The summed E-state index contributed by atoms with van der Waals surface area (Å²) in [7, 11) is 0. The number of nitrogen functional groups attached to an aromatic ring is 1. The minimum Gasteiger partial charge on any atom is -0.399 e. The summed E-state index contributed by atoms with van der Waals surface area (Å²) >= 11 is 0. The van der Waals surface area contributed by atoms with Crippen molar-refractivity contribution in [2.24, 2.45) is 0 Å². The van der Waals surface area contributed by atoms with Crippen molar-refractivity contribution < 1.29 is 0 Å². The van der Waals surface area contributed by atoms with Gasteiger partial charge >= 0.3 is 5.69 Å². The zero-order valence-corrected chi connectivity index (χ0v) is 12.0. The Morgan fingerprint density at radius 1 is 1.14 bits per heavy atom. The topological polar surface area (TPSA) is 72.9 Å². The molecule has 0 saturated heterocycles. The number of aromatic nitrogens is 2. The molecule has 3 aromatic rings. The maximum absolute atomic E-state index is 12.3. The van der Waals surface area contributed by atoms with Crippen LogP contribution in [-0.4, -0.2) is 16.1 Å². The molecular formula is C17H16N4O. The number of benzene rings is 2. The van der Waals surface area contributed by atoms with E-state index in [0.717, 1.165) is 29.0 Å². The summed E-state index contributed by atoms with van der Waals surface area (Å²) in [6, 6.07) is 15.5. The number of fused-ring (bicyclic) bond motifs is 3. The monoisotopic (exact) mass is 292 g/mol. The van der Waals surface area contributed by atoms with Crippen molar-refractivity contribution in [3.05, 3.63) is 64.6 Å². The van der Waals surface area contributed by atoms with Crippen LogP contribution >= 0.6 is 0 Å². The Kier molecular flexibility index (Phi) is 2.85. The predicted octanol–water partition coefficient (Wildman–Crippen LogP) is 2.19. The van der Waals surface area contributed by atoms with E-state index in [2.05, 4.69) is 10.3 Å². The number of anilines is 2. The van der Waals surface area contributed by atoms with Crippen LogP contribution in [0.25, 0.3) is 10.9 Å². The quantitative estimate of drug-likeness (QED) is 0.674. The van der Waals surface area contributed by atoms with Crippen LogP contribution in [0, 0.1) is 0 Å². The second-order valence-corrected chi connectivity index (χ2v) is 5.62. The van der Waals surface area contributed by atoms with Gasteiger partial charge in [-0.1, -0.05) is 24.3 Å². The van der Waals surface area contributed by atoms with Crippen LogP contribution in [-0.2, 0) is 6.54 Å². The Morgan fingerprint density at radius 2 is 1.91 bits per heavy atom. The summed E-state index contributed by atoms with van der Waals surface area (Å²) in [6.45, 7) is 1.42. The molecule has 0 amide bonds. The molecule has 1 aromatic heterocycles. The van der Waals surface area contributed by atoms with Gasteiger partial charge in [-0.05, 0) is 29.8 Å². The number of rotatable bonds is 1. The van der Waals surface area contributed by atoms with Gasteiger partial charge < -0.3 is 11.1 Å². The molecule has 2 aromatic carbocycles. The molecular weight excluding hydrogens is 276 g/mol. The van der Waals surface area contributed by atoms with Gasteiger partial charge in [0.15, 0.2) is 0 Å². The number of hydrogen-bond donors (Lipinski definition) is 2. The van der Waals surface area contributed by atoms with Crippen LogP contribution in [0.15, 0.2) is 53.3 Å². The molecule has 4 rings (SSSR count). The fraction of sp³-hybridized carbons (Fsp3) is 0.176. The Hall–Kier alpha value is -2.82. The molecule has 2 heterocycles. The SMILES string of the molecule is Nc1ccc([C@@H]2CNc3c4ccccc4nc(=O)n3C2)cc1. The average Bonchev–Trinajstić information content (AvgIpc) is 2.55. The van der Waals surface area contributed by atoms with Crippen LogP contribution in [0.5, 0.6) is 0 Å². The highest BCUT2D eigenvalue weighted by Gasteiger charge is 2.22. The van der Waals surface area contributed by atoms with E-state index in [1.54, 1.807) is 4.57 Å². The van der Waals surface area contributed by atoms with E-state index in [0.29, 0.717) is 6.54 Å². The molecule has 0 spiro atoms. The van der Waals surface area contributed by atoms with E-state index in [9.17, 15) is 4.79 Å². The fourth-order valence-corrected chi connectivity index (χ4v) is 3.03. The molecule has 5 nitrogen and oxygen atoms in total. The van der Waals surface area contributed by atoms with Crippen LogP contribution in [0.3, 0.4) is 0 Å². The second-order valence-electron chi connectivity index (χ2n) is 5.62. The summed E-state index contributed by atoms with van der Waals surface area (Å²) in [6.07, 6.45) is 0. The predicted molar refractivity (Wildman–Crippen MR) is 88.1 cm³/mol. The maximum Gasteiger partial charge on any atom is 0.349 e. The van der Waals surface area contributed by atoms with Gasteiger partial charge in [-0.2, -0.15) is 4.98 Å². The standard InChI is InChI=1S/C17H16N4O/c18-13-7-5-11(6-8-13)12-9-19-16-14-3-1-2-4-15(14)20-17(22)21(16)10-12/h1-8,12,19H,9-10,18H2/t12-/m1/s1. The Bertz CT molecular complexity index is 899. The van der Waals surface area contributed by atoms with Crippen molar-refractivity contribution in [1.82, 2.24) is 9.55 Å². The summed E-state index contributed by atoms with van der Waals surface area (Å²) in [5.74, 6) is 1.09. The third-order valence-corrected chi connectivity index (χ3v) is 4.20. The fourth-order valence-electron chi connectivity index (χ4n) is 3.03. The van der Waals surface area contributed by atoms with E-state index in [4.69, 9.17) is 5.73 Å². The maximum atomic E-state index is 12.3. The van der Waals surface area contributed by atoms with Crippen molar-refractivity contribution in [3.8, 4) is 0 Å². The molecule has 22 heavy (non-hydrogen) atoms. The lowest BCUT2D eigenvalue weighted by atomic mass is 9.97. The number of para-hydroxylation sites is 1. The van der Waals surface area contributed by atoms with Crippen LogP contribution < -0.4 is 16.7 Å². The van der Waals surface area contributed by atoms with Gasteiger partial charge in [0.05, 0.1) is 5.52 Å². The lowest BCUT2D eigenvalue weighted by molar-refractivity contribution is 0.530. The van der Waals surface area contributed by atoms with Crippen LogP contribution in [0.1, 0.15) is 11.5 Å². The molecule has 0 bridgehead atoms. The number of hydrogen-bond acceptors (Lipinski definition) is 4. The van der Waals surface area contributed by atoms with Crippen LogP contribution in [0.2, 0.25) is 0 Å². The lowest BCUT2D eigenvalue weighted by Gasteiger charge is -2.28. The van der Waals surface area contributed by atoms with Gasteiger partial charge in [-0.25, -0.2) is 4.79 Å². The van der Waals surface area contributed by atoms with E-state index in [-0.39, 0.29) is 11.6 Å². The summed E-state index contributed by atoms with van der Waals surface area (Å²) in [4.78, 5) is 16.5. The smallest absolute Gasteiger partial charge is 0.349 e. The summed E-state index contributed by atoms with van der Waals surface area (Å²) in [5, 5.41) is 4.39. The van der Waals surface area contributed by atoms with Gasteiger partial charge in [0, 0.05) is 30.1 Å². The van der Waals surface area contributed by atoms with Crippen molar-refractivity contribution in [2.75, 3.05) is 17.6 Å². The van der Waals surface area contributed by atoms with Gasteiger partial charge in [0.2, 0.25) is 0 Å². The van der Waals surface area contributed by atoms with Crippen molar-refractivity contribution in [1.29, 1.82) is 0 Å². The molecule has 1 atom stereocenters. The number of nitrogens with one attached hydrogen (secondary N) is 1. The van der Waals surface area contributed by atoms with Crippen molar-refractivity contribution in [3.63, 3.8) is 0 Å². The Morgan fingerprint density at radius 3 is 2.73 bits per heavy atom. The molecule has 0 saturated carbocycles. The summed E-state index contributed by atoms with van der Waals surface area (Å²) < 4.78 is 1.73. The number of nitrogens with two attached hydrogens (primary N) is 1. The molecule has 0 radical (unpaired) electrons. The first-order chi connectivity index (χ1) is 10.7. The first-order valence-corrected chi connectivity index (χ1v) is 7.31. The van der Waals surface area contributed by atoms with E-state index in [1.807, 2.05) is 48.5 Å². The zero-order valence-electron chi connectivity index (χ0n) is 12.0. The molecule has 0 fully saturated rings. The van der Waals surface area contributed by atoms with Gasteiger partial charge in [0.1, 0.15) is 5.82 Å². The Balaban J connectivity index is 1.79. The molecule has 1 aliphatic rings. The van der Waals surface area contributed by atoms with E-state index < -0.39 is 0 Å².